The molecule has 1 atom stereocenters. The zero-order valence-corrected chi connectivity index (χ0v) is 11.7. The van der Waals surface area contributed by atoms with Gasteiger partial charge in [-0.05, 0) is 32.2 Å². The van der Waals surface area contributed by atoms with E-state index >= 15 is 0 Å². The van der Waals surface area contributed by atoms with Crippen LogP contribution in [0.15, 0.2) is 12.2 Å². The van der Waals surface area contributed by atoms with Crippen molar-refractivity contribution in [2.75, 3.05) is 25.9 Å². The maximum atomic E-state index is 11.4. The molecule has 0 amide bonds. The van der Waals surface area contributed by atoms with Crippen LogP contribution in [0, 0.1) is 0 Å². The molecule has 0 bridgehead atoms. The molecular weight excluding hydrogens is 236 g/mol. The summed E-state index contributed by atoms with van der Waals surface area (Å²) in [6, 6.07) is 0.483. The molecule has 0 aromatic rings. The minimum atomic E-state index is -3.03. The zero-order valence-electron chi connectivity index (χ0n) is 10.9. The first-order valence-electron chi connectivity index (χ1n) is 6.39. The lowest BCUT2D eigenvalue weighted by atomic mass is 10.0. The third-order valence-electron chi connectivity index (χ3n) is 3.07. The van der Waals surface area contributed by atoms with Gasteiger partial charge in [0, 0.05) is 19.1 Å². The molecule has 1 aliphatic carbocycles. The molecular formula is C12H24N2O2S. The number of hydrogen-bond donors (Lipinski definition) is 1. The Bertz CT molecular complexity index is 338. The molecule has 0 aliphatic heterocycles. The molecule has 0 radical (unpaired) electrons. The van der Waals surface area contributed by atoms with Crippen LogP contribution in [-0.2, 0) is 10.0 Å². The Balaban J connectivity index is 2.18. The van der Waals surface area contributed by atoms with Gasteiger partial charge in [0.25, 0.3) is 0 Å². The van der Waals surface area contributed by atoms with Crippen molar-refractivity contribution in [1.82, 2.24) is 9.62 Å². The number of nitrogens with one attached hydrogen (secondary N) is 1. The summed E-state index contributed by atoms with van der Waals surface area (Å²) in [4.78, 5) is 0. The number of rotatable bonds is 7. The van der Waals surface area contributed by atoms with E-state index in [-0.39, 0.29) is 0 Å². The van der Waals surface area contributed by atoms with Gasteiger partial charge >= 0.3 is 0 Å². The molecule has 0 aromatic carbocycles. The summed E-state index contributed by atoms with van der Waals surface area (Å²) < 4.78 is 24.2. The molecule has 0 saturated carbocycles. The first-order chi connectivity index (χ1) is 8.04. The van der Waals surface area contributed by atoms with E-state index in [4.69, 9.17) is 0 Å². The number of nitrogens with zero attached hydrogens (tertiary/aromatic N) is 1. The van der Waals surface area contributed by atoms with Crippen LogP contribution in [0.5, 0.6) is 0 Å². The summed E-state index contributed by atoms with van der Waals surface area (Å²) in [7, 11) is -3.03. The van der Waals surface area contributed by atoms with Gasteiger partial charge in [-0.1, -0.05) is 19.1 Å². The maximum Gasteiger partial charge on any atom is 0.211 e. The average molecular weight is 260 g/mol. The normalized spacial score (nSPS) is 21.0. The average Bonchev–Trinajstić information content (AvgIpc) is 2.28. The first-order valence-corrected chi connectivity index (χ1v) is 8.24. The van der Waals surface area contributed by atoms with E-state index < -0.39 is 10.0 Å². The fourth-order valence-electron chi connectivity index (χ4n) is 2.08. The van der Waals surface area contributed by atoms with Crippen molar-refractivity contribution in [3.8, 4) is 0 Å². The molecule has 5 heteroatoms. The topological polar surface area (TPSA) is 49.4 Å². The summed E-state index contributed by atoms with van der Waals surface area (Å²) >= 11 is 0. The quantitative estimate of drug-likeness (QED) is 0.555. The standard InChI is InChI=1S/C12H24N2O2S/c1-3-14(17(2,15)16)11-7-10-13-12-8-5-4-6-9-12/h5,8,12-13H,3-4,6-7,9-11H2,1-2H3. The van der Waals surface area contributed by atoms with E-state index in [1.807, 2.05) is 6.92 Å². The molecule has 1 aliphatic rings. The lowest BCUT2D eigenvalue weighted by molar-refractivity contribution is 0.411. The minimum absolute atomic E-state index is 0.483. The van der Waals surface area contributed by atoms with Crippen LogP contribution in [-0.4, -0.2) is 44.7 Å². The molecule has 1 unspecified atom stereocenters. The Morgan fingerprint density at radius 2 is 2.24 bits per heavy atom. The van der Waals surface area contributed by atoms with Gasteiger partial charge in [-0.15, -0.1) is 0 Å². The summed E-state index contributed by atoms with van der Waals surface area (Å²) in [6.07, 6.45) is 10.2. The second-order valence-electron chi connectivity index (χ2n) is 4.53. The molecule has 100 valence electrons. The Morgan fingerprint density at radius 1 is 1.47 bits per heavy atom. The monoisotopic (exact) mass is 260 g/mol. The van der Waals surface area contributed by atoms with Crippen molar-refractivity contribution in [3.63, 3.8) is 0 Å². The Kier molecular flexibility index (Phi) is 6.16. The Hall–Kier alpha value is -0.390. The highest BCUT2D eigenvalue weighted by Gasteiger charge is 2.13. The van der Waals surface area contributed by atoms with E-state index in [1.165, 1.54) is 29.8 Å². The molecule has 0 fully saturated rings. The molecule has 17 heavy (non-hydrogen) atoms. The van der Waals surface area contributed by atoms with E-state index in [1.54, 1.807) is 0 Å². The van der Waals surface area contributed by atoms with Crippen LogP contribution >= 0.6 is 0 Å². The summed E-state index contributed by atoms with van der Waals surface area (Å²) in [5.41, 5.74) is 0. The zero-order chi connectivity index (χ0) is 12.7. The van der Waals surface area contributed by atoms with E-state index in [0.29, 0.717) is 19.1 Å². The molecule has 0 saturated heterocycles. The predicted octanol–water partition coefficient (Wildman–Crippen LogP) is 1.36. The second kappa shape index (κ2) is 7.13. The number of sulfonamides is 1. The van der Waals surface area contributed by atoms with Gasteiger partial charge in [-0.25, -0.2) is 12.7 Å². The lowest BCUT2D eigenvalue weighted by Gasteiger charge is -2.20. The largest absolute Gasteiger partial charge is 0.310 e. The van der Waals surface area contributed by atoms with E-state index in [9.17, 15) is 8.42 Å². The van der Waals surface area contributed by atoms with Crippen LogP contribution in [0.3, 0.4) is 0 Å². The van der Waals surface area contributed by atoms with Crippen LogP contribution in [0.1, 0.15) is 32.6 Å². The Morgan fingerprint density at radius 3 is 2.76 bits per heavy atom. The smallest absolute Gasteiger partial charge is 0.211 e. The van der Waals surface area contributed by atoms with E-state index in [2.05, 4.69) is 17.5 Å². The summed E-state index contributed by atoms with van der Waals surface area (Å²) in [5.74, 6) is 0. The van der Waals surface area contributed by atoms with Crippen molar-refractivity contribution < 1.29 is 8.42 Å². The van der Waals surface area contributed by atoms with Crippen molar-refractivity contribution >= 4 is 10.0 Å². The summed E-state index contributed by atoms with van der Waals surface area (Å²) in [5, 5.41) is 3.44. The summed E-state index contributed by atoms with van der Waals surface area (Å²) in [6.45, 7) is 3.92. The fraction of sp³-hybridized carbons (Fsp3) is 0.833. The van der Waals surface area contributed by atoms with Gasteiger partial charge in [0.2, 0.25) is 10.0 Å². The second-order valence-corrected chi connectivity index (χ2v) is 6.51. The SMILES string of the molecule is CCN(CCCNC1C=CCCC1)S(C)(=O)=O. The van der Waals surface area contributed by atoms with Crippen LogP contribution in [0.4, 0.5) is 0 Å². The highest BCUT2D eigenvalue weighted by Crippen LogP contribution is 2.09. The fourth-order valence-corrected chi connectivity index (χ4v) is 3.01. The van der Waals surface area contributed by atoms with Gasteiger partial charge < -0.3 is 5.32 Å². The molecule has 1 rings (SSSR count). The van der Waals surface area contributed by atoms with Gasteiger partial charge in [-0.3, -0.25) is 0 Å². The van der Waals surface area contributed by atoms with Gasteiger partial charge in [0.1, 0.15) is 0 Å². The van der Waals surface area contributed by atoms with Gasteiger partial charge in [-0.2, -0.15) is 0 Å². The predicted molar refractivity (Wildman–Crippen MR) is 71.5 cm³/mol. The van der Waals surface area contributed by atoms with Crippen molar-refractivity contribution in [3.05, 3.63) is 12.2 Å². The van der Waals surface area contributed by atoms with Crippen molar-refractivity contribution in [2.45, 2.75) is 38.6 Å². The minimum Gasteiger partial charge on any atom is -0.310 e. The van der Waals surface area contributed by atoms with Crippen molar-refractivity contribution in [1.29, 1.82) is 0 Å². The third kappa shape index (κ3) is 5.66. The Labute approximate surface area is 105 Å². The van der Waals surface area contributed by atoms with Gasteiger partial charge in [0.05, 0.1) is 6.26 Å². The maximum absolute atomic E-state index is 11.4. The highest BCUT2D eigenvalue weighted by atomic mass is 32.2. The molecule has 0 spiro atoms. The lowest BCUT2D eigenvalue weighted by Crippen LogP contribution is -2.34. The highest BCUT2D eigenvalue weighted by molar-refractivity contribution is 7.88. The molecule has 1 N–H and O–H groups in total. The van der Waals surface area contributed by atoms with Gasteiger partial charge in [0.15, 0.2) is 0 Å². The van der Waals surface area contributed by atoms with Crippen LogP contribution < -0.4 is 5.32 Å². The van der Waals surface area contributed by atoms with Crippen LogP contribution in [0.2, 0.25) is 0 Å². The number of allylic oxidation sites excluding steroid dienone is 1. The molecule has 0 aromatic heterocycles. The molecule has 4 nitrogen and oxygen atoms in total. The third-order valence-corrected chi connectivity index (χ3v) is 4.45. The molecule has 0 heterocycles. The number of hydrogen-bond acceptors (Lipinski definition) is 3. The first kappa shape index (κ1) is 14.7. The van der Waals surface area contributed by atoms with E-state index in [0.717, 1.165) is 13.0 Å². The van der Waals surface area contributed by atoms with Crippen molar-refractivity contribution in [2.24, 2.45) is 0 Å². The van der Waals surface area contributed by atoms with Crippen LogP contribution in [0.25, 0.3) is 0 Å².